The maximum atomic E-state index is 14.9. The Morgan fingerprint density at radius 3 is 1.41 bits per heavy atom. The molecule has 7 heteroatoms. The minimum absolute atomic E-state index is 0. The summed E-state index contributed by atoms with van der Waals surface area (Å²) in [6.07, 6.45) is 1.82. The number of rotatable bonds is 2. The molecule has 3 heterocycles. The number of benzene rings is 2. The third-order valence-electron chi connectivity index (χ3n) is 6.95. The monoisotopic (exact) mass is 479 g/mol. The Hall–Kier alpha value is -1.92. The van der Waals surface area contributed by atoms with E-state index in [1.807, 2.05) is 24.3 Å². The molecule has 3 nitrogen and oxygen atoms in total. The van der Waals surface area contributed by atoms with Gasteiger partial charge in [0.2, 0.25) is 0 Å². The van der Waals surface area contributed by atoms with Gasteiger partial charge in [-0.05, 0) is 26.2 Å². The maximum Gasteiger partial charge on any atom is 0.128 e. The lowest BCUT2D eigenvalue weighted by Gasteiger charge is -2.38. The summed E-state index contributed by atoms with van der Waals surface area (Å²) in [5, 5.41) is 0. The van der Waals surface area contributed by atoms with Crippen LogP contribution < -0.4 is 0 Å². The maximum absolute atomic E-state index is 14.9. The summed E-state index contributed by atoms with van der Waals surface area (Å²) in [6, 6.07) is 13.8. The molecule has 0 spiro atoms. The van der Waals surface area contributed by atoms with Crippen molar-refractivity contribution in [2.24, 2.45) is 7.05 Å². The van der Waals surface area contributed by atoms with E-state index in [1.165, 1.54) is 23.5 Å². The van der Waals surface area contributed by atoms with Crippen molar-refractivity contribution >= 4 is 24.8 Å². The van der Waals surface area contributed by atoms with Crippen molar-refractivity contribution in [1.82, 2.24) is 14.4 Å². The molecule has 0 N–H and O–H groups in total. The normalized spacial score (nSPS) is 20.7. The van der Waals surface area contributed by atoms with Gasteiger partial charge in [0, 0.05) is 66.6 Å². The van der Waals surface area contributed by atoms with Crippen LogP contribution in [-0.2, 0) is 19.9 Å². The van der Waals surface area contributed by atoms with Crippen molar-refractivity contribution in [3.63, 3.8) is 0 Å². The third kappa shape index (κ3) is 3.75. The molecule has 5 rings (SSSR count). The van der Waals surface area contributed by atoms with Crippen molar-refractivity contribution in [2.75, 3.05) is 27.2 Å². The summed E-state index contributed by atoms with van der Waals surface area (Å²) < 4.78 is 32.2. The van der Waals surface area contributed by atoms with Crippen molar-refractivity contribution in [1.29, 1.82) is 0 Å². The molecular formula is C25H29Cl2F2N3. The minimum Gasteiger partial charge on any atom is -0.351 e. The molecule has 0 radical (unpaired) electrons. The van der Waals surface area contributed by atoms with Gasteiger partial charge in [-0.3, -0.25) is 9.80 Å². The molecular weight excluding hydrogens is 451 g/mol. The Balaban J connectivity index is 0.00000144. The fraction of sp³-hybridized carbons (Fsp3) is 0.360. The number of aromatic nitrogens is 1. The fourth-order valence-corrected chi connectivity index (χ4v) is 5.49. The lowest BCUT2D eigenvalue weighted by Crippen LogP contribution is -2.37. The molecule has 172 valence electrons. The van der Waals surface area contributed by atoms with E-state index in [2.05, 4.69) is 35.5 Å². The SMILES string of the molecule is CN1CCc2c(c3c(n2C)CCN(C)[C@H]3c2ccccc2F)[C@@H]1c1ccccc1F.Cl.Cl. The zero-order chi connectivity index (χ0) is 21.0. The molecule has 0 aliphatic carbocycles. The second kappa shape index (κ2) is 9.52. The summed E-state index contributed by atoms with van der Waals surface area (Å²) in [5.41, 5.74) is 6.20. The smallest absolute Gasteiger partial charge is 0.128 e. The number of halogens is 4. The Labute approximate surface area is 200 Å². The number of hydrogen-bond acceptors (Lipinski definition) is 2. The molecule has 2 atom stereocenters. The van der Waals surface area contributed by atoms with Gasteiger partial charge in [0.05, 0.1) is 12.1 Å². The Morgan fingerprint density at radius 2 is 1.03 bits per heavy atom. The Kier molecular flexibility index (Phi) is 7.35. The quantitative estimate of drug-likeness (QED) is 0.493. The number of fused-ring (bicyclic) bond motifs is 3. The van der Waals surface area contributed by atoms with Crippen LogP contribution >= 0.6 is 24.8 Å². The second-order valence-electron chi connectivity index (χ2n) is 8.59. The third-order valence-corrected chi connectivity index (χ3v) is 6.95. The van der Waals surface area contributed by atoms with E-state index in [0.717, 1.165) is 37.1 Å². The summed E-state index contributed by atoms with van der Waals surface area (Å²) in [4.78, 5) is 4.46. The van der Waals surface area contributed by atoms with Gasteiger partial charge < -0.3 is 4.57 Å². The highest BCUT2D eigenvalue weighted by molar-refractivity contribution is 5.85. The van der Waals surface area contributed by atoms with Gasteiger partial charge in [-0.1, -0.05) is 36.4 Å². The van der Waals surface area contributed by atoms with Crippen molar-refractivity contribution in [2.45, 2.75) is 24.9 Å². The standard InChI is InChI=1S/C25H27F2N3.2ClH/c1-28-14-12-20-22(24(28)16-8-4-6-10-18(16)26)23-21(30(20)3)13-15-29(2)25(23)17-9-5-7-11-19(17)27;;/h4-11,24-25H,12-15H2,1-3H3;2*1H/t24-,25-;;/m0../s1. The van der Waals surface area contributed by atoms with E-state index in [4.69, 9.17) is 0 Å². The summed E-state index contributed by atoms with van der Waals surface area (Å²) >= 11 is 0. The van der Waals surface area contributed by atoms with Crippen LogP contribution in [0.1, 0.15) is 45.7 Å². The molecule has 0 fully saturated rings. The highest BCUT2D eigenvalue weighted by atomic mass is 35.5. The van der Waals surface area contributed by atoms with Gasteiger partial charge in [-0.25, -0.2) is 8.78 Å². The first-order valence-electron chi connectivity index (χ1n) is 10.6. The highest BCUT2D eigenvalue weighted by Crippen LogP contribution is 2.47. The lowest BCUT2D eigenvalue weighted by molar-refractivity contribution is 0.240. The predicted octanol–water partition coefficient (Wildman–Crippen LogP) is 5.30. The van der Waals surface area contributed by atoms with E-state index in [0.29, 0.717) is 11.1 Å². The first kappa shape index (κ1) is 24.7. The molecule has 32 heavy (non-hydrogen) atoms. The molecule has 0 unspecified atom stereocenters. The second-order valence-corrected chi connectivity index (χ2v) is 8.59. The fourth-order valence-electron chi connectivity index (χ4n) is 5.49. The largest absolute Gasteiger partial charge is 0.351 e. The van der Waals surface area contributed by atoms with Gasteiger partial charge >= 0.3 is 0 Å². The van der Waals surface area contributed by atoms with E-state index >= 15 is 0 Å². The number of hydrogen-bond donors (Lipinski definition) is 0. The average Bonchev–Trinajstić information content (AvgIpc) is 3.02. The highest BCUT2D eigenvalue weighted by Gasteiger charge is 2.40. The molecule has 2 aromatic carbocycles. The summed E-state index contributed by atoms with van der Waals surface area (Å²) in [6.45, 7) is 1.73. The predicted molar refractivity (Wildman–Crippen MR) is 129 cm³/mol. The van der Waals surface area contributed by atoms with Crippen LogP contribution in [0.25, 0.3) is 0 Å². The summed E-state index contributed by atoms with van der Waals surface area (Å²) in [5.74, 6) is -0.377. The average molecular weight is 480 g/mol. The molecule has 0 saturated carbocycles. The van der Waals surface area contributed by atoms with Crippen LogP contribution in [0.4, 0.5) is 8.78 Å². The van der Waals surface area contributed by atoms with E-state index in [9.17, 15) is 8.78 Å². The molecule has 0 saturated heterocycles. The lowest BCUT2D eigenvalue weighted by atomic mass is 9.83. The van der Waals surface area contributed by atoms with E-state index < -0.39 is 0 Å². The molecule has 2 aliphatic rings. The van der Waals surface area contributed by atoms with E-state index in [1.54, 1.807) is 12.1 Å². The van der Waals surface area contributed by atoms with Gasteiger partial charge in [0.15, 0.2) is 0 Å². The van der Waals surface area contributed by atoms with Crippen LogP contribution in [0.2, 0.25) is 0 Å². The molecule has 2 aliphatic heterocycles. The number of likely N-dealkylation sites (N-methyl/N-ethyl adjacent to an activating group) is 2. The Morgan fingerprint density at radius 1 is 0.656 bits per heavy atom. The van der Waals surface area contributed by atoms with Crippen molar-refractivity contribution in [3.8, 4) is 0 Å². The zero-order valence-electron chi connectivity index (χ0n) is 18.5. The zero-order valence-corrected chi connectivity index (χ0v) is 20.1. The van der Waals surface area contributed by atoms with Crippen LogP contribution in [0.5, 0.6) is 0 Å². The summed E-state index contributed by atoms with van der Waals surface area (Å²) in [7, 11) is 6.24. The van der Waals surface area contributed by atoms with Crippen LogP contribution in [0, 0.1) is 11.6 Å². The first-order chi connectivity index (χ1) is 14.5. The van der Waals surface area contributed by atoms with Crippen LogP contribution in [0.15, 0.2) is 48.5 Å². The minimum atomic E-state index is -0.189. The molecule has 1 aromatic heterocycles. The number of nitrogens with zero attached hydrogens (tertiary/aromatic N) is 3. The topological polar surface area (TPSA) is 11.4 Å². The first-order valence-corrected chi connectivity index (χ1v) is 10.6. The van der Waals surface area contributed by atoms with Gasteiger partial charge in [0.1, 0.15) is 11.6 Å². The van der Waals surface area contributed by atoms with Crippen molar-refractivity contribution in [3.05, 3.63) is 93.8 Å². The van der Waals surface area contributed by atoms with E-state index in [-0.39, 0.29) is 48.5 Å². The van der Waals surface area contributed by atoms with Gasteiger partial charge in [-0.2, -0.15) is 0 Å². The van der Waals surface area contributed by atoms with Gasteiger partial charge in [0.25, 0.3) is 0 Å². The van der Waals surface area contributed by atoms with Crippen LogP contribution in [-0.4, -0.2) is 41.6 Å². The Bertz CT molecular complexity index is 1030. The van der Waals surface area contributed by atoms with Gasteiger partial charge in [-0.15, -0.1) is 24.8 Å². The molecule has 0 amide bonds. The van der Waals surface area contributed by atoms with Crippen LogP contribution in [0.3, 0.4) is 0 Å². The molecule has 0 bridgehead atoms. The molecule has 3 aromatic rings. The van der Waals surface area contributed by atoms with Crippen molar-refractivity contribution < 1.29 is 8.78 Å².